The lowest BCUT2D eigenvalue weighted by Crippen LogP contribution is -2.41. The minimum atomic E-state index is -4.49. The number of nitrogens with one attached hydrogen (secondary N) is 2. The predicted molar refractivity (Wildman–Crippen MR) is 94.0 cm³/mol. The van der Waals surface area contributed by atoms with Crippen LogP contribution in [0.15, 0.2) is 29.2 Å². The Hall–Kier alpha value is -3.18. The number of H-pyrrole nitrogens is 1. The van der Waals surface area contributed by atoms with Crippen LogP contribution in [0.1, 0.15) is 34.9 Å². The number of piperidine rings is 1. The fourth-order valence-corrected chi connectivity index (χ4v) is 3.11. The number of rotatable bonds is 5. The van der Waals surface area contributed by atoms with Crippen molar-refractivity contribution in [3.8, 4) is 0 Å². The van der Waals surface area contributed by atoms with Crippen molar-refractivity contribution in [3.05, 3.63) is 46.1 Å². The van der Waals surface area contributed by atoms with Gasteiger partial charge in [0.15, 0.2) is 0 Å². The molecule has 0 unspecified atom stereocenters. The summed E-state index contributed by atoms with van der Waals surface area (Å²) in [5.41, 5.74) is 0.164. The molecule has 3 rings (SSSR count). The van der Waals surface area contributed by atoms with Crippen molar-refractivity contribution in [1.82, 2.24) is 30.2 Å². The zero-order chi connectivity index (χ0) is 21.0. The molecule has 1 fully saturated rings. The molecule has 9 nitrogen and oxygen atoms in total. The number of hydrogen-bond acceptors (Lipinski definition) is 5. The Balaban J connectivity index is 1.52. The van der Waals surface area contributed by atoms with Gasteiger partial charge >= 0.3 is 6.18 Å². The first-order valence-electron chi connectivity index (χ1n) is 8.93. The van der Waals surface area contributed by atoms with Gasteiger partial charge in [0.2, 0.25) is 5.91 Å². The Labute approximate surface area is 162 Å². The highest BCUT2D eigenvalue weighted by Crippen LogP contribution is 2.27. The number of nitrogens with zero attached hydrogens (tertiary/aromatic N) is 4. The van der Waals surface area contributed by atoms with E-state index in [2.05, 4.69) is 15.3 Å². The maximum atomic E-state index is 12.4. The molecule has 2 amide bonds. The van der Waals surface area contributed by atoms with E-state index in [0.717, 1.165) is 4.68 Å². The lowest BCUT2D eigenvalue weighted by atomic mass is 9.93. The minimum Gasteiger partial charge on any atom is -0.342 e. The van der Waals surface area contributed by atoms with Crippen molar-refractivity contribution >= 4 is 11.8 Å². The third-order valence-electron chi connectivity index (χ3n) is 4.64. The first kappa shape index (κ1) is 20.6. The zero-order valence-corrected chi connectivity index (χ0v) is 15.3. The van der Waals surface area contributed by atoms with Gasteiger partial charge in [-0.1, -0.05) is 0 Å². The first-order chi connectivity index (χ1) is 13.7. The normalized spacial score (nSPS) is 15.3. The first-order valence-corrected chi connectivity index (χ1v) is 8.93. The highest BCUT2D eigenvalue weighted by atomic mass is 19.4. The zero-order valence-electron chi connectivity index (χ0n) is 15.3. The Morgan fingerprint density at radius 2 is 2.00 bits per heavy atom. The molecule has 0 saturated carbocycles. The summed E-state index contributed by atoms with van der Waals surface area (Å²) in [5.74, 6) is -1.13. The van der Waals surface area contributed by atoms with E-state index in [1.165, 1.54) is 24.4 Å². The van der Waals surface area contributed by atoms with Crippen LogP contribution in [-0.2, 0) is 11.3 Å². The van der Waals surface area contributed by atoms with Gasteiger partial charge in [0.25, 0.3) is 11.5 Å². The Bertz CT molecular complexity index is 931. The summed E-state index contributed by atoms with van der Waals surface area (Å²) in [6.07, 6.45) is -1.88. The van der Waals surface area contributed by atoms with Gasteiger partial charge in [0.1, 0.15) is 18.8 Å². The van der Waals surface area contributed by atoms with E-state index in [-0.39, 0.29) is 29.6 Å². The lowest BCUT2D eigenvalue weighted by Gasteiger charge is -2.31. The van der Waals surface area contributed by atoms with Gasteiger partial charge in [-0.3, -0.25) is 19.5 Å². The fourth-order valence-electron chi connectivity index (χ4n) is 3.11. The maximum absolute atomic E-state index is 12.4. The van der Waals surface area contributed by atoms with Crippen LogP contribution in [0.5, 0.6) is 0 Å². The van der Waals surface area contributed by atoms with E-state index in [1.807, 2.05) is 0 Å². The smallest absolute Gasteiger partial charge is 0.342 e. The summed E-state index contributed by atoms with van der Waals surface area (Å²) in [6, 6.07) is 4.26. The molecule has 3 heterocycles. The molecule has 2 aromatic heterocycles. The van der Waals surface area contributed by atoms with Gasteiger partial charge in [-0.25, -0.2) is 4.68 Å². The van der Waals surface area contributed by atoms with Crippen molar-refractivity contribution in [2.75, 3.05) is 19.6 Å². The second-order valence-corrected chi connectivity index (χ2v) is 6.68. The van der Waals surface area contributed by atoms with Gasteiger partial charge in [-0.15, -0.1) is 0 Å². The Morgan fingerprint density at radius 3 is 2.66 bits per heavy atom. The number of alkyl halides is 3. The number of carbonyl (C=O) groups excluding carboxylic acids is 2. The molecule has 29 heavy (non-hydrogen) atoms. The van der Waals surface area contributed by atoms with E-state index < -0.39 is 18.6 Å². The van der Waals surface area contributed by atoms with Crippen LogP contribution < -0.4 is 10.9 Å². The van der Waals surface area contributed by atoms with Crippen LogP contribution in [0.2, 0.25) is 0 Å². The monoisotopic (exact) mass is 412 g/mol. The van der Waals surface area contributed by atoms with Crippen LogP contribution >= 0.6 is 0 Å². The third kappa shape index (κ3) is 5.42. The van der Waals surface area contributed by atoms with Crippen molar-refractivity contribution in [2.24, 2.45) is 0 Å². The van der Waals surface area contributed by atoms with E-state index in [4.69, 9.17) is 0 Å². The maximum Gasteiger partial charge on any atom is 0.405 e. The molecule has 1 aliphatic rings. The molecule has 0 spiro atoms. The molecule has 2 aromatic rings. The van der Waals surface area contributed by atoms with Crippen LogP contribution in [-0.4, -0.2) is 62.5 Å². The Kier molecular flexibility index (Phi) is 5.99. The molecule has 1 saturated heterocycles. The molecule has 0 radical (unpaired) electrons. The molecule has 0 bridgehead atoms. The van der Waals surface area contributed by atoms with Gasteiger partial charge < -0.3 is 10.2 Å². The fraction of sp³-hybridized carbons (Fsp3) is 0.471. The van der Waals surface area contributed by atoms with Crippen LogP contribution in [0.3, 0.4) is 0 Å². The standard InChI is InChI=1S/C17H19F3N6O3/c18-17(19,20)10-21-16(29)13-8-12(23-24-13)11-3-6-25(7-4-11)15(28)9-26-14(27)2-1-5-22-26/h1-2,5,8,11H,3-4,6-7,9-10H2,(H,21,29)(H,23,24). The van der Waals surface area contributed by atoms with Crippen LogP contribution in [0.4, 0.5) is 13.2 Å². The third-order valence-corrected chi connectivity index (χ3v) is 4.64. The minimum absolute atomic E-state index is 0.00621. The molecule has 0 atom stereocenters. The van der Waals surface area contributed by atoms with Crippen molar-refractivity contribution in [1.29, 1.82) is 0 Å². The predicted octanol–water partition coefficient (Wildman–Crippen LogP) is 0.665. The van der Waals surface area contributed by atoms with E-state index in [1.54, 1.807) is 10.2 Å². The SMILES string of the molecule is O=C(NCC(F)(F)F)c1cc(C2CCN(C(=O)Cn3ncccc3=O)CC2)[nH]n1. The number of carbonyl (C=O) groups is 2. The molecule has 2 N–H and O–H groups in total. The Morgan fingerprint density at radius 1 is 1.28 bits per heavy atom. The number of likely N-dealkylation sites (tertiary alicyclic amines) is 1. The molecular weight excluding hydrogens is 393 g/mol. The van der Waals surface area contributed by atoms with E-state index in [9.17, 15) is 27.6 Å². The summed E-state index contributed by atoms with van der Waals surface area (Å²) in [6.45, 7) is -0.675. The summed E-state index contributed by atoms with van der Waals surface area (Å²) in [4.78, 5) is 37.4. The molecular formula is C17H19F3N6O3. The number of aromatic amines is 1. The van der Waals surface area contributed by atoms with E-state index >= 15 is 0 Å². The van der Waals surface area contributed by atoms with Gasteiger partial charge in [0.05, 0.1) is 0 Å². The highest BCUT2D eigenvalue weighted by Gasteiger charge is 2.29. The average molecular weight is 412 g/mol. The number of halogens is 3. The summed E-state index contributed by atoms with van der Waals surface area (Å²) >= 11 is 0. The summed E-state index contributed by atoms with van der Waals surface area (Å²) in [7, 11) is 0. The molecule has 1 aliphatic heterocycles. The molecule has 156 valence electrons. The second-order valence-electron chi connectivity index (χ2n) is 6.68. The number of aromatic nitrogens is 4. The number of hydrogen-bond donors (Lipinski definition) is 2. The lowest BCUT2D eigenvalue weighted by molar-refractivity contribution is -0.133. The van der Waals surface area contributed by atoms with Gasteiger partial charge in [-0.05, 0) is 25.0 Å². The van der Waals surface area contributed by atoms with E-state index in [0.29, 0.717) is 31.6 Å². The van der Waals surface area contributed by atoms with Crippen molar-refractivity contribution < 1.29 is 22.8 Å². The quantitative estimate of drug-likeness (QED) is 0.749. The topological polar surface area (TPSA) is 113 Å². The molecule has 12 heteroatoms. The number of amides is 2. The van der Waals surface area contributed by atoms with Crippen molar-refractivity contribution in [2.45, 2.75) is 31.5 Å². The second kappa shape index (κ2) is 8.45. The van der Waals surface area contributed by atoms with Gasteiger partial charge in [0, 0.05) is 37.0 Å². The summed E-state index contributed by atoms with van der Waals surface area (Å²) in [5, 5.41) is 12.1. The van der Waals surface area contributed by atoms with Crippen LogP contribution in [0, 0.1) is 0 Å². The van der Waals surface area contributed by atoms with Gasteiger partial charge in [-0.2, -0.15) is 23.4 Å². The summed E-state index contributed by atoms with van der Waals surface area (Å²) < 4.78 is 37.7. The average Bonchev–Trinajstić information content (AvgIpc) is 3.18. The molecule has 0 aromatic carbocycles. The largest absolute Gasteiger partial charge is 0.405 e. The van der Waals surface area contributed by atoms with Crippen molar-refractivity contribution in [3.63, 3.8) is 0 Å². The highest BCUT2D eigenvalue weighted by molar-refractivity contribution is 5.92. The molecule has 0 aliphatic carbocycles. The van der Waals surface area contributed by atoms with Crippen LogP contribution in [0.25, 0.3) is 0 Å².